The molecule has 5 heteroatoms. The first kappa shape index (κ1) is 10.7. The van der Waals surface area contributed by atoms with Crippen LogP contribution in [0, 0.1) is 0 Å². The van der Waals surface area contributed by atoms with Crippen LogP contribution in [-0.2, 0) is 6.42 Å². The van der Waals surface area contributed by atoms with Gasteiger partial charge in [-0.1, -0.05) is 6.92 Å². The molecule has 0 aliphatic rings. The van der Waals surface area contributed by atoms with E-state index in [1.165, 1.54) is 0 Å². The molecule has 90 valence electrons. The van der Waals surface area contributed by atoms with Gasteiger partial charge in [-0.15, -0.1) is 0 Å². The van der Waals surface area contributed by atoms with Crippen molar-refractivity contribution in [2.75, 3.05) is 0 Å². The molecule has 0 unspecified atom stereocenters. The van der Waals surface area contributed by atoms with Crippen molar-refractivity contribution in [3.05, 3.63) is 41.9 Å². The number of aldehydes is 1. The van der Waals surface area contributed by atoms with Gasteiger partial charge in [-0.25, -0.2) is 4.68 Å². The molecule has 0 atom stereocenters. The SMILES string of the molecule is CCc1c(C=O)cnn1-c1ccc2cn[nH]c2c1. The first-order valence-electron chi connectivity index (χ1n) is 5.79. The van der Waals surface area contributed by atoms with E-state index < -0.39 is 0 Å². The second-order valence-corrected chi connectivity index (χ2v) is 4.07. The van der Waals surface area contributed by atoms with E-state index in [0.717, 1.165) is 35.0 Å². The predicted octanol–water partition coefficient (Wildman–Crippen LogP) is 2.12. The van der Waals surface area contributed by atoms with Crippen molar-refractivity contribution < 1.29 is 4.79 Å². The van der Waals surface area contributed by atoms with Crippen molar-refractivity contribution in [3.63, 3.8) is 0 Å². The van der Waals surface area contributed by atoms with Gasteiger partial charge < -0.3 is 0 Å². The molecule has 2 heterocycles. The van der Waals surface area contributed by atoms with E-state index in [1.807, 2.05) is 25.1 Å². The Morgan fingerprint density at radius 3 is 3.06 bits per heavy atom. The van der Waals surface area contributed by atoms with Crippen molar-refractivity contribution in [2.45, 2.75) is 13.3 Å². The minimum Gasteiger partial charge on any atom is -0.298 e. The Balaban J connectivity index is 2.18. The van der Waals surface area contributed by atoms with E-state index >= 15 is 0 Å². The number of nitrogens with zero attached hydrogens (tertiary/aromatic N) is 3. The molecule has 0 radical (unpaired) electrons. The Bertz CT molecular complexity index is 711. The smallest absolute Gasteiger partial charge is 0.153 e. The number of benzene rings is 1. The number of aromatic nitrogens is 4. The number of fused-ring (bicyclic) bond motifs is 1. The Hall–Kier alpha value is -2.43. The third kappa shape index (κ3) is 1.52. The van der Waals surface area contributed by atoms with Gasteiger partial charge in [0, 0.05) is 5.39 Å². The van der Waals surface area contributed by atoms with Crippen LogP contribution in [0.4, 0.5) is 0 Å². The monoisotopic (exact) mass is 240 g/mol. The lowest BCUT2D eigenvalue weighted by atomic mass is 10.2. The lowest BCUT2D eigenvalue weighted by Gasteiger charge is -2.06. The van der Waals surface area contributed by atoms with Gasteiger partial charge in [0.05, 0.1) is 34.9 Å². The molecule has 2 aromatic heterocycles. The predicted molar refractivity (Wildman–Crippen MR) is 68.0 cm³/mol. The Morgan fingerprint density at radius 2 is 2.28 bits per heavy atom. The highest BCUT2D eigenvalue weighted by Crippen LogP contribution is 2.19. The summed E-state index contributed by atoms with van der Waals surface area (Å²) < 4.78 is 1.80. The standard InChI is InChI=1S/C13H12N4O/c1-2-13-10(8-18)7-15-17(13)11-4-3-9-6-14-16-12(9)5-11/h3-8H,2H2,1H3,(H,14,16). The fourth-order valence-corrected chi connectivity index (χ4v) is 2.12. The van der Waals surface area contributed by atoms with E-state index in [1.54, 1.807) is 17.1 Å². The summed E-state index contributed by atoms with van der Waals surface area (Å²) in [4.78, 5) is 10.9. The Labute approximate surface area is 103 Å². The first-order valence-corrected chi connectivity index (χ1v) is 5.79. The van der Waals surface area contributed by atoms with Crippen molar-refractivity contribution >= 4 is 17.2 Å². The molecule has 0 aliphatic heterocycles. The van der Waals surface area contributed by atoms with Crippen LogP contribution in [0.1, 0.15) is 23.0 Å². The largest absolute Gasteiger partial charge is 0.298 e. The van der Waals surface area contributed by atoms with Crippen LogP contribution in [-0.4, -0.2) is 26.3 Å². The van der Waals surface area contributed by atoms with Crippen LogP contribution in [0.2, 0.25) is 0 Å². The highest BCUT2D eigenvalue weighted by molar-refractivity contribution is 5.80. The van der Waals surface area contributed by atoms with Crippen molar-refractivity contribution in [1.82, 2.24) is 20.0 Å². The number of hydrogen-bond donors (Lipinski definition) is 1. The molecule has 0 bridgehead atoms. The fraction of sp³-hybridized carbons (Fsp3) is 0.154. The molecule has 0 saturated heterocycles. The van der Waals surface area contributed by atoms with Gasteiger partial charge in [0.15, 0.2) is 6.29 Å². The Kier molecular flexibility index (Phi) is 2.44. The lowest BCUT2D eigenvalue weighted by Crippen LogP contribution is -2.02. The second-order valence-electron chi connectivity index (χ2n) is 4.07. The van der Waals surface area contributed by atoms with Crippen LogP contribution in [0.3, 0.4) is 0 Å². The maximum Gasteiger partial charge on any atom is 0.153 e. The summed E-state index contributed by atoms with van der Waals surface area (Å²) in [6, 6.07) is 5.93. The first-order chi connectivity index (χ1) is 8.83. The highest BCUT2D eigenvalue weighted by atomic mass is 16.1. The van der Waals surface area contributed by atoms with Crippen molar-refractivity contribution in [2.24, 2.45) is 0 Å². The third-order valence-corrected chi connectivity index (χ3v) is 3.03. The number of aromatic amines is 1. The summed E-state index contributed by atoms with van der Waals surface area (Å²) in [6.07, 6.45) is 4.98. The number of rotatable bonds is 3. The molecule has 0 spiro atoms. The topological polar surface area (TPSA) is 63.6 Å². The molecule has 18 heavy (non-hydrogen) atoms. The summed E-state index contributed by atoms with van der Waals surface area (Å²) in [5, 5.41) is 12.2. The van der Waals surface area contributed by atoms with Gasteiger partial charge in [-0.3, -0.25) is 9.89 Å². The molecule has 3 aromatic rings. The number of H-pyrrole nitrogens is 1. The van der Waals surface area contributed by atoms with Gasteiger partial charge >= 0.3 is 0 Å². The number of carbonyl (C=O) groups is 1. The minimum absolute atomic E-state index is 0.641. The average Bonchev–Trinajstić information content (AvgIpc) is 3.03. The fourth-order valence-electron chi connectivity index (χ4n) is 2.12. The summed E-state index contributed by atoms with van der Waals surface area (Å²) in [6.45, 7) is 2.01. The average molecular weight is 240 g/mol. The van der Waals surface area contributed by atoms with Crippen molar-refractivity contribution in [3.8, 4) is 5.69 Å². The molecule has 0 amide bonds. The molecule has 5 nitrogen and oxygen atoms in total. The Morgan fingerprint density at radius 1 is 1.39 bits per heavy atom. The molecule has 1 aromatic carbocycles. The zero-order valence-corrected chi connectivity index (χ0v) is 9.92. The summed E-state index contributed by atoms with van der Waals surface area (Å²) in [5.74, 6) is 0. The normalized spacial score (nSPS) is 10.9. The molecule has 1 N–H and O–H groups in total. The molecule has 0 saturated carbocycles. The molecule has 0 fully saturated rings. The minimum atomic E-state index is 0.641. The van der Waals surface area contributed by atoms with E-state index in [0.29, 0.717) is 5.56 Å². The maximum absolute atomic E-state index is 10.9. The molecule has 3 rings (SSSR count). The summed E-state index contributed by atoms with van der Waals surface area (Å²) >= 11 is 0. The molecular weight excluding hydrogens is 228 g/mol. The zero-order chi connectivity index (χ0) is 12.5. The number of carbonyl (C=O) groups excluding carboxylic acids is 1. The third-order valence-electron chi connectivity index (χ3n) is 3.03. The van der Waals surface area contributed by atoms with Crippen LogP contribution in [0.5, 0.6) is 0 Å². The zero-order valence-electron chi connectivity index (χ0n) is 9.92. The lowest BCUT2D eigenvalue weighted by molar-refractivity contribution is 0.112. The number of hydrogen-bond acceptors (Lipinski definition) is 3. The molecular formula is C13H12N4O. The van der Waals surface area contributed by atoms with Crippen LogP contribution in [0.15, 0.2) is 30.6 Å². The van der Waals surface area contributed by atoms with Gasteiger partial charge in [0.2, 0.25) is 0 Å². The number of nitrogens with one attached hydrogen (secondary N) is 1. The van der Waals surface area contributed by atoms with E-state index in [4.69, 9.17) is 0 Å². The second kappa shape index (κ2) is 4.10. The van der Waals surface area contributed by atoms with E-state index in [2.05, 4.69) is 15.3 Å². The van der Waals surface area contributed by atoms with Crippen molar-refractivity contribution in [1.29, 1.82) is 0 Å². The van der Waals surface area contributed by atoms with Gasteiger partial charge in [0.25, 0.3) is 0 Å². The van der Waals surface area contributed by atoms with Crippen LogP contribution in [0.25, 0.3) is 16.6 Å². The summed E-state index contributed by atoms with van der Waals surface area (Å²) in [7, 11) is 0. The highest BCUT2D eigenvalue weighted by Gasteiger charge is 2.10. The van der Waals surface area contributed by atoms with Gasteiger partial charge in [-0.05, 0) is 24.6 Å². The van der Waals surface area contributed by atoms with E-state index in [-0.39, 0.29) is 0 Å². The van der Waals surface area contributed by atoms with Gasteiger partial charge in [0.1, 0.15) is 0 Å². The van der Waals surface area contributed by atoms with Crippen LogP contribution < -0.4 is 0 Å². The van der Waals surface area contributed by atoms with Crippen LogP contribution >= 0.6 is 0 Å². The maximum atomic E-state index is 10.9. The quantitative estimate of drug-likeness (QED) is 0.713. The van der Waals surface area contributed by atoms with Gasteiger partial charge in [-0.2, -0.15) is 10.2 Å². The summed E-state index contributed by atoms with van der Waals surface area (Å²) in [5.41, 5.74) is 3.44. The van der Waals surface area contributed by atoms with E-state index in [9.17, 15) is 4.79 Å². The molecule has 0 aliphatic carbocycles.